The summed E-state index contributed by atoms with van der Waals surface area (Å²) in [7, 11) is 0. The molecule has 4 aromatic rings. The number of anilines is 1. The number of rotatable bonds is 6. The Bertz CT molecular complexity index is 1160. The summed E-state index contributed by atoms with van der Waals surface area (Å²) in [4.78, 5) is 21.4. The smallest absolute Gasteiger partial charge is 0.278 e. The maximum Gasteiger partial charge on any atom is 0.278 e. The molecule has 4 rings (SSSR count). The van der Waals surface area contributed by atoms with Crippen LogP contribution in [0, 0.1) is 6.92 Å². The Labute approximate surface area is 182 Å². The SMILES string of the molecule is Cc1ccc(-n2nnc(C(=O)Nc3cccc(Cl)c3)c2CSc2ncccn2)cc1. The van der Waals surface area contributed by atoms with Crippen molar-refractivity contribution in [2.45, 2.75) is 17.8 Å². The van der Waals surface area contributed by atoms with Gasteiger partial charge in [-0.05, 0) is 43.3 Å². The molecule has 0 spiro atoms. The second-order valence-corrected chi connectivity index (χ2v) is 7.80. The van der Waals surface area contributed by atoms with Gasteiger partial charge >= 0.3 is 0 Å². The van der Waals surface area contributed by atoms with E-state index in [1.807, 2.05) is 31.2 Å². The van der Waals surface area contributed by atoms with Gasteiger partial charge < -0.3 is 5.32 Å². The third kappa shape index (κ3) is 4.67. The summed E-state index contributed by atoms with van der Waals surface area (Å²) in [5, 5.41) is 12.4. The molecule has 2 aromatic carbocycles. The molecule has 0 bridgehead atoms. The molecule has 0 atom stereocenters. The Morgan fingerprint density at radius 2 is 1.87 bits per heavy atom. The van der Waals surface area contributed by atoms with Crippen LogP contribution in [0.4, 0.5) is 5.69 Å². The molecule has 7 nitrogen and oxygen atoms in total. The highest BCUT2D eigenvalue weighted by Crippen LogP contribution is 2.24. The zero-order valence-electron chi connectivity index (χ0n) is 16.0. The van der Waals surface area contributed by atoms with Gasteiger partial charge in [-0.2, -0.15) is 0 Å². The van der Waals surface area contributed by atoms with Crippen LogP contribution in [-0.2, 0) is 5.75 Å². The lowest BCUT2D eigenvalue weighted by atomic mass is 10.2. The summed E-state index contributed by atoms with van der Waals surface area (Å²) in [6, 6.07) is 16.6. The summed E-state index contributed by atoms with van der Waals surface area (Å²) in [6.07, 6.45) is 3.36. The minimum absolute atomic E-state index is 0.235. The van der Waals surface area contributed by atoms with E-state index in [0.717, 1.165) is 11.3 Å². The lowest BCUT2D eigenvalue weighted by Gasteiger charge is -2.09. The van der Waals surface area contributed by atoms with E-state index in [0.29, 0.717) is 27.3 Å². The number of aryl methyl sites for hydroxylation is 1. The van der Waals surface area contributed by atoms with Gasteiger partial charge in [-0.3, -0.25) is 4.79 Å². The molecule has 0 radical (unpaired) electrons. The Morgan fingerprint density at radius 1 is 1.10 bits per heavy atom. The minimum atomic E-state index is -0.361. The molecule has 150 valence electrons. The normalized spacial score (nSPS) is 10.7. The quantitative estimate of drug-likeness (QED) is 0.352. The van der Waals surface area contributed by atoms with Gasteiger partial charge in [0, 0.05) is 28.9 Å². The second kappa shape index (κ2) is 9.06. The highest BCUT2D eigenvalue weighted by atomic mass is 35.5. The van der Waals surface area contributed by atoms with Crippen molar-refractivity contribution in [3.8, 4) is 5.69 Å². The van der Waals surface area contributed by atoms with Gasteiger partial charge in [-0.25, -0.2) is 14.6 Å². The van der Waals surface area contributed by atoms with Crippen LogP contribution in [0.1, 0.15) is 21.7 Å². The topological polar surface area (TPSA) is 85.6 Å². The highest BCUT2D eigenvalue weighted by molar-refractivity contribution is 7.98. The minimum Gasteiger partial charge on any atom is -0.320 e. The predicted molar refractivity (Wildman–Crippen MR) is 117 cm³/mol. The maximum absolute atomic E-state index is 12.9. The van der Waals surface area contributed by atoms with E-state index in [1.165, 1.54) is 11.8 Å². The Morgan fingerprint density at radius 3 is 2.60 bits per heavy atom. The van der Waals surface area contributed by atoms with Crippen molar-refractivity contribution < 1.29 is 4.79 Å². The molecular weight excluding hydrogens is 420 g/mol. The molecule has 0 saturated heterocycles. The Hall–Kier alpha value is -3.23. The molecule has 1 N–H and O–H groups in total. The van der Waals surface area contributed by atoms with E-state index in [2.05, 4.69) is 25.6 Å². The van der Waals surface area contributed by atoms with Crippen LogP contribution in [0.15, 0.2) is 72.1 Å². The van der Waals surface area contributed by atoms with Gasteiger partial charge in [0.1, 0.15) is 0 Å². The summed E-state index contributed by atoms with van der Waals surface area (Å²) in [5.41, 5.74) is 3.42. The lowest BCUT2D eigenvalue weighted by Crippen LogP contribution is -2.15. The average molecular weight is 437 g/mol. The van der Waals surface area contributed by atoms with Crippen molar-refractivity contribution in [1.29, 1.82) is 0 Å². The van der Waals surface area contributed by atoms with Crippen molar-refractivity contribution in [2.24, 2.45) is 0 Å². The van der Waals surface area contributed by atoms with Crippen molar-refractivity contribution in [3.63, 3.8) is 0 Å². The highest BCUT2D eigenvalue weighted by Gasteiger charge is 2.21. The first kappa shape index (κ1) is 20.1. The first-order chi connectivity index (χ1) is 14.6. The van der Waals surface area contributed by atoms with E-state index in [4.69, 9.17) is 11.6 Å². The van der Waals surface area contributed by atoms with Crippen LogP contribution >= 0.6 is 23.4 Å². The molecule has 0 fully saturated rings. The number of hydrogen-bond donors (Lipinski definition) is 1. The molecule has 2 aromatic heterocycles. The van der Waals surface area contributed by atoms with Gasteiger partial charge in [0.05, 0.1) is 11.4 Å². The van der Waals surface area contributed by atoms with Crippen molar-refractivity contribution in [2.75, 3.05) is 5.32 Å². The first-order valence-electron chi connectivity index (χ1n) is 9.08. The summed E-state index contributed by atoms with van der Waals surface area (Å²) in [5.74, 6) is 0.0589. The number of thioether (sulfide) groups is 1. The fourth-order valence-corrected chi connectivity index (χ4v) is 3.74. The number of aromatic nitrogens is 5. The molecule has 0 saturated carbocycles. The molecule has 9 heteroatoms. The van der Waals surface area contributed by atoms with Crippen LogP contribution in [-0.4, -0.2) is 30.9 Å². The molecule has 0 unspecified atom stereocenters. The zero-order valence-corrected chi connectivity index (χ0v) is 17.6. The standard InChI is InChI=1S/C21H17ClN6OS/c1-14-6-8-17(9-7-14)28-18(13-30-21-23-10-3-11-24-21)19(26-27-28)20(29)25-16-5-2-4-15(22)12-16/h2-12H,13H2,1H3,(H,25,29). The third-order valence-corrected chi connectivity index (χ3v) is 5.34. The molecule has 2 heterocycles. The maximum atomic E-state index is 12.9. The van der Waals surface area contributed by atoms with E-state index in [9.17, 15) is 4.79 Å². The van der Waals surface area contributed by atoms with Crippen molar-refractivity contribution >= 4 is 35.0 Å². The van der Waals surface area contributed by atoms with Crippen LogP contribution in [0.3, 0.4) is 0 Å². The van der Waals surface area contributed by atoms with E-state index >= 15 is 0 Å². The molecule has 0 aliphatic rings. The van der Waals surface area contributed by atoms with E-state index in [1.54, 1.807) is 47.4 Å². The van der Waals surface area contributed by atoms with Gasteiger partial charge in [0.2, 0.25) is 0 Å². The fraction of sp³-hybridized carbons (Fsp3) is 0.0952. The van der Waals surface area contributed by atoms with Gasteiger partial charge in [-0.1, -0.05) is 52.3 Å². The second-order valence-electron chi connectivity index (χ2n) is 6.42. The number of carbonyl (C=O) groups is 1. The number of nitrogens with one attached hydrogen (secondary N) is 1. The monoisotopic (exact) mass is 436 g/mol. The number of benzene rings is 2. The average Bonchev–Trinajstić information content (AvgIpc) is 3.17. The van der Waals surface area contributed by atoms with Crippen LogP contribution in [0.5, 0.6) is 0 Å². The third-order valence-electron chi connectivity index (χ3n) is 4.22. The van der Waals surface area contributed by atoms with Gasteiger partial charge in [0.15, 0.2) is 10.9 Å². The molecule has 1 amide bonds. The van der Waals surface area contributed by atoms with Crippen molar-refractivity contribution in [3.05, 3.63) is 89.0 Å². The van der Waals surface area contributed by atoms with Crippen LogP contribution in [0.25, 0.3) is 5.69 Å². The molecular formula is C21H17ClN6OS. The number of amides is 1. The van der Waals surface area contributed by atoms with Crippen molar-refractivity contribution in [1.82, 2.24) is 25.0 Å². The number of halogens is 1. The molecule has 0 aliphatic carbocycles. The van der Waals surface area contributed by atoms with Gasteiger partial charge in [-0.15, -0.1) is 5.10 Å². The molecule has 0 aliphatic heterocycles. The Kier molecular flexibility index (Phi) is 6.06. The van der Waals surface area contributed by atoms with E-state index in [-0.39, 0.29) is 11.6 Å². The fourth-order valence-electron chi connectivity index (χ4n) is 2.75. The summed E-state index contributed by atoms with van der Waals surface area (Å²) >= 11 is 7.43. The number of nitrogens with zero attached hydrogens (tertiary/aromatic N) is 5. The predicted octanol–water partition coefficient (Wildman–Crippen LogP) is 4.56. The van der Waals surface area contributed by atoms with E-state index < -0.39 is 0 Å². The summed E-state index contributed by atoms with van der Waals surface area (Å²) in [6.45, 7) is 2.01. The van der Waals surface area contributed by atoms with Crippen LogP contribution in [0.2, 0.25) is 5.02 Å². The Balaban J connectivity index is 1.66. The number of carbonyl (C=O) groups excluding carboxylic acids is 1. The molecule has 30 heavy (non-hydrogen) atoms. The number of hydrogen-bond acceptors (Lipinski definition) is 6. The van der Waals surface area contributed by atoms with Gasteiger partial charge in [0.25, 0.3) is 5.91 Å². The summed E-state index contributed by atoms with van der Waals surface area (Å²) < 4.78 is 1.67. The zero-order chi connectivity index (χ0) is 20.9. The van der Waals surface area contributed by atoms with Crippen LogP contribution < -0.4 is 5.32 Å². The lowest BCUT2D eigenvalue weighted by molar-refractivity contribution is 0.102. The first-order valence-corrected chi connectivity index (χ1v) is 10.4. The largest absolute Gasteiger partial charge is 0.320 e.